The van der Waals surface area contributed by atoms with E-state index in [1.807, 2.05) is 30.3 Å². The van der Waals surface area contributed by atoms with Gasteiger partial charge in [0.05, 0.1) is 6.04 Å². The van der Waals surface area contributed by atoms with Crippen LogP contribution in [0.3, 0.4) is 0 Å². The minimum absolute atomic E-state index is 0.252. The second-order valence-electron chi connectivity index (χ2n) is 4.56. The first-order chi connectivity index (χ1) is 9.25. The highest BCUT2D eigenvalue weighted by atomic mass is 14.8. The molecule has 0 aliphatic heterocycles. The Morgan fingerprint density at radius 2 is 1.68 bits per heavy atom. The molecule has 0 aliphatic rings. The second kappa shape index (κ2) is 4.71. The Labute approximate surface area is 111 Å². The summed E-state index contributed by atoms with van der Waals surface area (Å²) in [5.41, 5.74) is 14.1. The van der Waals surface area contributed by atoms with E-state index in [9.17, 15) is 0 Å². The molecule has 2 aromatic carbocycles. The summed E-state index contributed by atoms with van der Waals surface area (Å²) in [5.74, 6) is 0.489. The lowest BCUT2D eigenvalue weighted by Crippen LogP contribution is -2.14. The molecule has 1 atom stereocenters. The maximum absolute atomic E-state index is 6.29. The topological polar surface area (TPSA) is 64.9 Å². The van der Waals surface area contributed by atoms with Crippen molar-refractivity contribution < 1.29 is 0 Å². The van der Waals surface area contributed by atoms with Crippen molar-refractivity contribution in [1.29, 1.82) is 0 Å². The molecular formula is C16H15N3. The fourth-order valence-electron chi connectivity index (χ4n) is 2.27. The lowest BCUT2D eigenvalue weighted by molar-refractivity contribution is 0.869. The molecule has 0 spiro atoms. The van der Waals surface area contributed by atoms with Crippen LogP contribution in [0.2, 0.25) is 0 Å². The number of benzene rings is 2. The highest BCUT2D eigenvalue weighted by Crippen LogP contribution is 2.25. The number of nitrogens with zero attached hydrogens (tertiary/aromatic N) is 1. The van der Waals surface area contributed by atoms with Crippen LogP contribution in [0.15, 0.2) is 60.8 Å². The van der Waals surface area contributed by atoms with Crippen LogP contribution in [-0.4, -0.2) is 4.98 Å². The number of nitrogens with two attached hydrogens (primary N) is 2. The molecule has 0 bridgehead atoms. The highest BCUT2D eigenvalue weighted by Gasteiger charge is 2.12. The fraction of sp³-hybridized carbons (Fsp3) is 0.0625. The monoisotopic (exact) mass is 249 g/mol. The third-order valence-corrected chi connectivity index (χ3v) is 3.34. The van der Waals surface area contributed by atoms with Gasteiger partial charge in [-0.15, -0.1) is 0 Å². The molecule has 3 heteroatoms. The standard InChI is InChI=1S/C16H15N3/c17-15(14-6-3-9-19-16(14)18)13-8-7-11-4-1-2-5-12(11)10-13/h1-10,15H,17H2,(H2,18,19). The third kappa shape index (κ3) is 2.16. The van der Waals surface area contributed by atoms with Crippen molar-refractivity contribution >= 4 is 16.6 Å². The molecule has 0 fully saturated rings. The summed E-state index contributed by atoms with van der Waals surface area (Å²) in [4.78, 5) is 4.09. The lowest BCUT2D eigenvalue weighted by atomic mass is 9.97. The van der Waals surface area contributed by atoms with Gasteiger partial charge in [0.2, 0.25) is 0 Å². The zero-order chi connectivity index (χ0) is 13.2. The molecule has 3 aromatic rings. The number of nitrogen functional groups attached to an aromatic ring is 1. The van der Waals surface area contributed by atoms with Crippen LogP contribution < -0.4 is 11.5 Å². The van der Waals surface area contributed by atoms with Gasteiger partial charge in [-0.25, -0.2) is 4.98 Å². The van der Waals surface area contributed by atoms with E-state index >= 15 is 0 Å². The van der Waals surface area contributed by atoms with Crippen LogP contribution in [0.25, 0.3) is 10.8 Å². The number of hydrogen-bond donors (Lipinski definition) is 2. The average Bonchev–Trinajstić information content (AvgIpc) is 2.46. The SMILES string of the molecule is Nc1ncccc1C(N)c1ccc2ccccc2c1. The molecule has 0 aliphatic carbocycles. The van der Waals surface area contributed by atoms with E-state index in [1.54, 1.807) is 6.20 Å². The van der Waals surface area contributed by atoms with E-state index < -0.39 is 0 Å². The maximum Gasteiger partial charge on any atom is 0.128 e. The van der Waals surface area contributed by atoms with Gasteiger partial charge in [0.15, 0.2) is 0 Å². The van der Waals surface area contributed by atoms with Gasteiger partial charge in [0, 0.05) is 11.8 Å². The molecule has 0 saturated heterocycles. The minimum Gasteiger partial charge on any atom is -0.383 e. The molecule has 0 radical (unpaired) electrons. The number of rotatable bonds is 2. The minimum atomic E-state index is -0.252. The van der Waals surface area contributed by atoms with Crippen molar-refractivity contribution in [2.24, 2.45) is 5.73 Å². The van der Waals surface area contributed by atoms with Crippen molar-refractivity contribution in [3.63, 3.8) is 0 Å². The lowest BCUT2D eigenvalue weighted by Gasteiger charge is -2.14. The Bertz CT molecular complexity index is 722. The number of hydrogen-bond acceptors (Lipinski definition) is 3. The van der Waals surface area contributed by atoms with Gasteiger partial charge < -0.3 is 11.5 Å². The summed E-state index contributed by atoms with van der Waals surface area (Å²) >= 11 is 0. The van der Waals surface area contributed by atoms with Gasteiger partial charge in [0.25, 0.3) is 0 Å². The summed E-state index contributed by atoms with van der Waals surface area (Å²) in [6, 6.07) is 18.0. The Hall–Kier alpha value is -2.39. The number of pyridine rings is 1. The summed E-state index contributed by atoms with van der Waals surface area (Å²) in [6.45, 7) is 0. The molecule has 19 heavy (non-hydrogen) atoms. The van der Waals surface area contributed by atoms with Gasteiger partial charge >= 0.3 is 0 Å². The third-order valence-electron chi connectivity index (χ3n) is 3.34. The second-order valence-corrected chi connectivity index (χ2v) is 4.56. The van der Waals surface area contributed by atoms with E-state index in [0.717, 1.165) is 11.1 Å². The molecular weight excluding hydrogens is 234 g/mol. The zero-order valence-electron chi connectivity index (χ0n) is 10.5. The molecule has 1 aromatic heterocycles. The predicted octanol–water partition coefficient (Wildman–Crippen LogP) is 2.87. The van der Waals surface area contributed by atoms with E-state index in [4.69, 9.17) is 11.5 Å². The van der Waals surface area contributed by atoms with Crippen LogP contribution in [0, 0.1) is 0 Å². The summed E-state index contributed by atoms with van der Waals surface area (Å²) < 4.78 is 0. The Balaban J connectivity index is 2.07. The summed E-state index contributed by atoms with van der Waals surface area (Å²) in [6.07, 6.45) is 1.67. The average molecular weight is 249 g/mol. The Morgan fingerprint density at radius 3 is 2.47 bits per heavy atom. The zero-order valence-corrected chi connectivity index (χ0v) is 10.5. The molecule has 3 nitrogen and oxygen atoms in total. The molecule has 4 N–H and O–H groups in total. The number of aromatic nitrogens is 1. The van der Waals surface area contributed by atoms with Crippen LogP contribution in [0.5, 0.6) is 0 Å². The van der Waals surface area contributed by atoms with Crippen LogP contribution in [0.4, 0.5) is 5.82 Å². The molecule has 0 saturated carbocycles. The van der Waals surface area contributed by atoms with Crippen LogP contribution in [0.1, 0.15) is 17.2 Å². The van der Waals surface area contributed by atoms with Crippen molar-refractivity contribution in [3.05, 3.63) is 71.9 Å². The summed E-state index contributed by atoms with van der Waals surface area (Å²) in [5, 5.41) is 2.38. The Morgan fingerprint density at radius 1 is 0.895 bits per heavy atom. The predicted molar refractivity (Wildman–Crippen MR) is 78.6 cm³/mol. The van der Waals surface area contributed by atoms with Gasteiger partial charge in [-0.3, -0.25) is 0 Å². The quantitative estimate of drug-likeness (QED) is 0.734. The van der Waals surface area contributed by atoms with Gasteiger partial charge in [0.1, 0.15) is 5.82 Å². The van der Waals surface area contributed by atoms with Crippen LogP contribution in [-0.2, 0) is 0 Å². The van der Waals surface area contributed by atoms with E-state index in [0.29, 0.717) is 5.82 Å². The normalized spacial score (nSPS) is 12.5. The summed E-state index contributed by atoms with van der Waals surface area (Å²) in [7, 11) is 0. The van der Waals surface area contributed by atoms with Crippen molar-refractivity contribution in [1.82, 2.24) is 4.98 Å². The van der Waals surface area contributed by atoms with E-state index in [2.05, 4.69) is 29.2 Å². The smallest absolute Gasteiger partial charge is 0.128 e. The van der Waals surface area contributed by atoms with Gasteiger partial charge in [-0.05, 0) is 28.5 Å². The highest BCUT2D eigenvalue weighted by molar-refractivity contribution is 5.83. The van der Waals surface area contributed by atoms with Crippen LogP contribution >= 0.6 is 0 Å². The molecule has 3 rings (SSSR count). The molecule has 1 unspecified atom stereocenters. The van der Waals surface area contributed by atoms with Crippen molar-refractivity contribution in [2.75, 3.05) is 5.73 Å². The van der Waals surface area contributed by atoms with Gasteiger partial charge in [-0.1, -0.05) is 42.5 Å². The molecule has 1 heterocycles. The maximum atomic E-state index is 6.29. The largest absolute Gasteiger partial charge is 0.383 e. The van der Waals surface area contributed by atoms with E-state index in [-0.39, 0.29) is 6.04 Å². The molecule has 0 amide bonds. The first kappa shape index (κ1) is 11.7. The molecule has 94 valence electrons. The first-order valence-electron chi connectivity index (χ1n) is 6.20. The fourth-order valence-corrected chi connectivity index (χ4v) is 2.27. The number of anilines is 1. The van der Waals surface area contributed by atoms with E-state index in [1.165, 1.54) is 10.8 Å². The van der Waals surface area contributed by atoms with Crippen molar-refractivity contribution in [2.45, 2.75) is 6.04 Å². The van der Waals surface area contributed by atoms with Gasteiger partial charge in [-0.2, -0.15) is 0 Å². The number of fused-ring (bicyclic) bond motifs is 1. The van der Waals surface area contributed by atoms with Crippen molar-refractivity contribution in [3.8, 4) is 0 Å². The first-order valence-corrected chi connectivity index (χ1v) is 6.20. The Kier molecular flexibility index (Phi) is 2.89.